The number of nitrogens with one attached hydrogen (secondary N) is 1. The minimum atomic E-state index is -0.489. The SMILES string of the molecule is COC(=O)Nc1ccc(Cl)cc1. The molecule has 4 heteroatoms. The summed E-state index contributed by atoms with van der Waals surface area (Å²) in [7, 11) is 1.31. The summed E-state index contributed by atoms with van der Waals surface area (Å²) in [5, 5.41) is 3.13. The van der Waals surface area contributed by atoms with Crippen molar-refractivity contribution in [2.75, 3.05) is 12.4 Å². The Morgan fingerprint density at radius 1 is 1.42 bits per heavy atom. The van der Waals surface area contributed by atoms with Crippen molar-refractivity contribution in [1.82, 2.24) is 0 Å². The summed E-state index contributed by atoms with van der Waals surface area (Å²) in [6.07, 6.45) is -0.489. The van der Waals surface area contributed by atoms with Crippen molar-refractivity contribution in [3.63, 3.8) is 0 Å². The zero-order valence-electron chi connectivity index (χ0n) is 6.50. The van der Waals surface area contributed by atoms with E-state index in [4.69, 9.17) is 11.6 Å². The Labute approximate surface area is 75.3 Å². The molecule has 1 amide bonds. The van der Waals surface area contributed by atoms with Crippen molar-refractivity contribution in [2.45, 2.75) is 0 Å². The molecule has 0 aliphatic heterocycles. The Bertz CT molecular complexity index is 271. The van der Waals surface area contributed by atoms with Crippen LogP contribution in [-0.4, -0.2) is 13.2 Å². The second-order valence-corrected chi connectivity index (χ2v) is 2.56. The monoisotopic (exact) mass is 185 g/mol. The normalized spacial score (nSPS) is 9.17. The van der Waals surface area contributed by atoms with Gasteiger partial charge >= 0.3 is 6.09 Å². The van der Waals surface area contributed by atoms with Gasteiger partial charge in [-0.3, -0.25) is 5.32 Å². The largest absolute Gasteiger partial charge is 0.453 e. The Hall–Kier alpha value is -1.22. The van der Waals surface area contributed by atoms with Gasteiger partial charge in [0.15, 0.2) is 0 Å². The maximum absolute atomic E-state index is 10.7. The number of carbonyl (C=O) groups excluding carboxylic acids is 1. The molecule has 0 fully saturated rings. The maximum Gasteiger partial charge on any atom is 0.411 e. The number of amides is 1. The van der Waals surface area contributed by atoms with E-state index in [1.54, 1.807) is 24.3 Å². The van der Waals surface area contributed by atoms with E-state index in [1.165, 1.54) is 7.11 Å². The molecule has 1 aromatic rings. The topological polar surface area (TPSA) is 38.3 Å². The Kier molecular flexibility index (Phi) is 2.94. The van der Waals surface area contributed by atoms with Crippen LogP contribution < -0.4 is 5.32 Å². The van der Waals surface area contributed by atoms with Crippen molar-refractivity contribution in [3.05, 3.63) is 29.3 Å². The standard InChI is InChI=1S/C8H8ClNO2/c1-12-8(11)10-7-4-2-6(9)3-5-7/h2-5H,1H3,(H,10,11). The molecule has 1 rings (SSSR count). The molecule has 64 valence electrons. The molecule has 0 aliphatic rings. The first-order valence-electron chi connectivity index (χ1n) is 3.33. The fraction of sp³-hybridized carbons (Fsp3) is 0.125. The molecule has 3 nitrogen and oxygen atoms in total. The number of rotatable bonds is 1. The maximum atomic E-state index is 10.7. The van der Waals surface area contributed by atoms with Crippen LogP contribution in [0.2, 0.25) is 5.02 Å². The van der Waals surface area contributed by atoms with Crippen LogP contribution in [0.15, 0.2) is 24.3 Å². The third-order valence-electron chi connectivity index (χ3n) is 1.28. The summed E-state index contributed by atoms with van der Waals surface area (Å²) in [4.78, 5) is 10.7. The van der Waals surface area contributed by atoms with E-state index in [2.05, 4.69) is 10.1 Å². The second kappa shape index (κ2) is 3.97. The molecule has 0 radical (unpaired) electrons. The fourth-order valence-corrected chi connectivity index (χ4v) is 0.828. The van der Waals surface area contributed by atoms with Crippen LogP contribution >= 0.6 is 11.6 Å². The molecule has 0 bridgehead atoms. The van der Waals surface area contributed by atoms with Crippen molar-refractivity contribution in [1.29, 1.82) is 0 Å². The minimum absolute atomic E-state index is 0.489. The van der Waals surface area contributed by atoms with Gasteiger partial charge in [-0.15, -0.1) is 0 Å². The Balaban J connectivity index is 2.64. The van der Waals surface area contributed by atoms with Crippen LogP contribution in [0.1, 0.15) is 0 Å². The van der Waals surface area contributed by atoms with Crippen molar-refractivity contribution in [3.8, 4) is 0 Å². The van der Waals surface area contributed by atoms with E-state index < -0.39 is 6.09 Å². The molecule has 0 saturated heterocycles. The Morgan fingerprint density at radius 2 is 2.00 bits per heavy atom. The van der Waals surface area contributed by atoms with Gasteiger partial charge in [-0.05, 0) is 24.3 Å². The molecular weight excluding hydrogens is 178 g/mol. The zero-order chi connectivity index (χ0) is 8.97. The molecule has 1 N–H and O–H groups in total. The molecule has 0 atom stereocenters. The number of hydrogen-bond acceptors (Lipinski definition) is 2. The van der Waals surface area contributed by atoms with Gasteiger partial charge in [0.1, 0.15) is 0 Å². The van der Waals surface area contributed by atoms with E-state index in [-0.39, 0.29) is 0 Å². The Morgan fingerprint density at radius 3 is 2.50 bits per heavy atom. The highest BCUT2D eigenvalue weighted by Crippen LogP contribution is 2.13. The fourth-order valence-electron chi connectivity index (χ4n) is 0.702. The van der Waals surface area contributed by atoms with Gasteiger partial charge in [0.25, 0.3) is 0 Å². The van der Waals surface area contributed by atoms with E-state index in [9.17, 15) is 4.79 Å². The van der Waals surface area contributed by atoms with Crippen LogP contribution in [0.4, 0.5) is 10.5 Å². The molecule has 0 aromatic heterocycles. The summed E-state index contributed by atoms with van der Waals surface area (Å²) in [5.41, 5.74) is 0.659. The van der Waals surface area contributed by atoms with Crippen LogP contribution in [0.5, 0.6) is 0 Å². The molecule has 0 aliphatic carbocycles. The predicted molar refractivity (Wildman–Crippen MR) is 47.5 cm³/mol. The van der Waals surface area contributed by atoms with Gasteiger partial charge in [0, 0.05) is 10.7 Å². The zero-order valence-corrected chi connectivity index (χ0v) is 7.26. The highest BCUT2D eigenvalue weighted by Gasteiger charge is 1.98. The van der Waals surface area contributed by atoms with Gasteiger partial charge in [-0.2, -0.15) is 0 Å². The van der Waals surface area contributed by atoms with Gasteiger partial charge in [-0.25, -0.2) is 4.79 Å². The lowest BCUT2D eigenvalue weighted by Crippen LogP contribution is -2.10. The van der Waals surface area contributed by atoms with Gasteiger partial charge < -0.3 is 4.74 Å². The summed E-state index contributed by atoms with van der Waals surface area (Å²) in [6.45, 7) is 0. The summed E-state index contributed by atoms with van der Waals surface area (Å²) < 4.78 is 4.40. The molecule has 12 heavy (non-hydrogen) atoms. The molecule has 0 unspecified atom stereocenters. The average molecular weight is 186 g/mol. The summed E-state index contributed by atoms with van der Waals surface area (Å²) >= 11 is 5.64. The van der Waals surface area contributed by atoms with E-state index in [1.807, 2.05) is 0 Å². The third kappa shape index (κ3) is 2.43. The number of ether oxygens (including phenoxy) is 1. The quantitative estimate of drug-likeness (QED) is 0.730. The van der Waals surface area contributed by atoms with Crippen LogP contribution in [0, 0.1) is 0 Å². The molecule has 0 saturated carbocycles. The molecule has 0 heterocycles. The number of benzene rings is 1. The lowest BCUT2D eigenvalue weighted by atomic mass is 10.3. The molecule has 1 aromatic carbocycles. The third-order valence-corrected chi connectivity index (χ3v) is 1.53. The number of carbonyl (C=O) groups is 1. The predicted octanol–water partition coefficient (Wildman–Crippen LogP) is 2.52. The van der Waals surface area contributed by atoms with Gasteiger partial charge in [0.2, 0.25) is 0 Å². The number of anilines is 1. The second-order valence-electron chi connectivity index (χ2n) is 2.12. The van der Waals surface area contributed by atoms with Crippen LogP contribution in [0.3, 0.4) is 0 Å². The van der Waals surface area contributed by atoms with E-state index >= 15 is 0 Å². The van der Waals surface area contributed by atoms with Gasteiger partial charge in [-0.1, -0.05) is 11.6 Å². The highest BCUT2D eigenvalue weighted by atomic mass is 35.5. The highest BCUT2D eigenvalue weighted by molar-refractivity contribution is 6.30. The summed E-state index contributed by atoms with van der Waals surface area (Å²) in [5.74, 6) is 0. The lowest BCUT2D eigenvalue weighted by Gasteiger charge is -2.02. The van der Waals surface area contributed by atoms with Crippen molar-refractivity contribution >= 4 is 23.4 Å². The molecule has 0 spiro atoms. The number of hydrogen-bond donors (Lipinski definition) is 1. The average Bonchev–Trinajstić information content (AvgIpc) is 2.09. The minimum Gasteiger partial charge on any atom is -0.453 e. The van der Waals surface area contributed by atoms with Gasteiger partial charge in [0.05, 0.1) is 7.11 Å². The smallest absolute Gasteiger partial charge is 0.411 e. The van der Waals surface area contributed by atoms with Crippen LogP contribution in [-0.2, 0) is 4.74 Å². The number of halogens is 1. The number of methoxy groups -OCH3 is 1. The lowest BCUT2D eigenvalue weighted by molar-refractivity contribution is 0.187. The van der Waals surface area contributed by atoms with Crippen molar-refractivity contribution < 1.29 is 9.53 Å². The first-order chi connectivity index (χ1) is 5.72. The van der Waals surface area contributed by atoms with E-state index in [0.29, 0.717) is 10.7 Å². The summed E-state index contributed by atoms with van der Waals surface area (Å²) in [6, 6.07) is 6.76. The first-order valence-corrected chi connectivity index (χ1v) is 3.70. The van der Waals surface area contributed by atoms with E-state index in [0.717, 1.165) is 0 Å². The van der Waals surface area contributed by atoms with Crippen molar-refractivity contribution in [2.24, 2.45) is 0 Å². The first kappa shape index (κ1) is 8.87. The van der Waals surface area contributed by atoms with Crippen LogP contribution in [0.25, 0.3) is 0 Å². The molecular formula is C8H8ClNO2.